The molecule has 0 N–H and O–H groups in total. The summed E-state index contributed by atoms with van der Waals surface area (Å²) in [4.78, 5) is 28.3. The summed E-state index contributed by atoms with van der Waals surface area (Å²) in [7, 11) is 1.60. The Morgan fingerprint density at radius 3 is 2.19 bits per heavy atom. The first-order chi connectivity index (χ1) is 12.6. The molecule has 2 heterocycles. The molecule has 138 valence electrons. The second-order valence-corrected chi connectivity index (χ2v) is 6.07. The summed E-state index contributed by atoms with van der Waals surface area (Å²) in [6.45, 7) is 3.68. The van der Waals surface area contributed by atoms with Gasteiger partial charge in [-0.15, -0.1) is 0 Å². The molecule has 0 saturated carbocycles. The quantitative estimate of drug-likeness (QED) is 0.818. The normalized spacial score (nSPS) is 15.5. The van der Waals surface area contributed by atoms with Crippen LogP contribution in [0.3, 0.4) is 0 Å². The summed E-state index contributed by atoms with van der Waals surface area (Å²) in [6.07, 6.45) is 2.31. The number of hydrogen-bond donors (Lipinski definition) is 0. The van der Waals surface area contributed by atoms with Crippen LogP contribution >= 0.6 is 0 Å². The summed E-state index contributed by atoms with van der Waals surface area (Å²) in [5, 5.41) is 0. The first-order valence-corrected chi connectivity index (χ1v) is 8.49. The van der Waals surface area contributed by atoms with Crippen molar-refractivity contribution in [2.24, 2.45) is 0 Å². The van der Waals surface area contributed by atoms with Gasteiger partial charge < -0.3 is 23.7 Å². The van der Waals surface area contributed by atoms with E-state index in [0.29, 0.717) is 37.5 Å². The number of furan rings is 1. The molecule has 3 rings (SSSR count). The Morgan fingerprint density at radius 1 is 1.00 bits per heavy atom. The van der Waals surface area contributed by atoms with E-state index in [1.54, 1.807) is 54.2 Å². The van der Waals surface area contributed by atoms with E-state index in [-0.39, 0.29) is 11.8 Å². The molecule has 26 heavy (non-hydrogen) atoms. The SMILES string of the molecule is COc1ccc(OC(C)C(=O)N2CCN(C(=O)c3ccoc3)CC2)cc1. The Kier molecular flexibility index (Phi) is 5.46. The average molecular weight is 358 g/mol. The summed E-state index contributed by atoms with van der Waals surface area (Å²) in [5.41, 5.74) is 0.529. The van der Waals surface area contributed by atoms with Gasteiger partial charge in [-0.05, 0) is 37.3 Å². The number of carbonyl (C=O) groups is 2. The molecule has 1 aliphatic heterocycles. The Labute approximate surface area is 152 Å². The van der Waals surface area contributed by atoms with E-state index in [1.165, 1.54) is 12.5 Å². The molecule has 1 unspecified atom stereocenters. The molecular weight excluding hydrogens is 336 g/mol. The predicted molar refractivity (Wildman–Crippen MR) is 94.3 cm³/mol. The Balaban J connectivity index is 1.51. The highest BCUT2D eigenvalue weighted by molar-refractivity contribution is 5.94. The molecule has 1 atom stereocenters. The molecule has 1 fully saturated rings. The van der Waals surface area contributed by atoms with Crippen LogP contribution in [-0.2, 0) is 4.79 Å². The van der Waals surface area contributed by atoms with Gasteiger partial charge in [0.05, 0.1) is 18.9 Å². The van der Waals surface area contributed by atoms with Crippen molar-refractivity contribution >= 4 is 11.8 Å². The van der Waals surface area contributed by atoms with Gasteiger partial charge in [-0.3, -0.25) is 9.59 Å². The van der Waals surface area contributed by atoms with E-state index < -0.39 is 6.10 Å². The smallest absolute Gasteiger partial charge is 0.263 e. The number of ether oxygens (including phenoxy) is 2. The zero-order chi connectivity index (χ0) is 18.5. The lowest BCUT2D eigenvalue weighted by molar-refractivity contribution is -0.139. The highest BCUT2D eigenvalue weighted by atomic mass is 16.5. The molecule has 0 aliphatic carbocycles. The van der Waals surface area contributed by atoms with Crippen molar-refractivity contribution < 1.29 is 23.5 Å². The van der Waals surface area contributed by atoms with Crippen LogP contribution in [0.1, 0.15) is 17.3 Å². The van der Waals surface area contributed by atoms with Crippen LogP contribution in [0.2, 0.25) is 0 Å². The minimum absolute atomic E-state index is 0.0756. The largest absolute Gasteiger partial charge is 0.497 e. The van der Waals surface area contributed by atoms with Crippen LogP contribution in [0.25, 0.3) is 0 Å². The van der Waals surface area contributed by atoms with Crippen molar-refractivity contribution in [3.8, 4) is 11.5 Å². The summed E-state index contributed by atoms with van der Waals surface area (Å²) in [6, 6.07) is 8.75. The molecule has 7 nitrogen and oxygen atoms in total. The van der Waals surface area contributed by atoms with Gasteiger partial charge in [-0.2, -0.15) is 0 Å². The predicted octanol–water partition coefficient (Wildman–Crippen LogP) is 2.04. The fourth-order valence-corrected chi connectivity index (χ4v) is 2.86. The van der Waals surface area contributed by atoms with Crippen molar-refractivity contribution in [2.75, 3.05) is 33.3 Å². The van der Waals surface area contributed by atoms with Gasteiger partial charge >= 0.3 is 0 Å². The lowest BCUT2D eigenvalue weighted by Crippen LogP contribution is -2.53. The molecule has 2 amide bonds. The van der Waals surface area contributed by atoms with Gasteiger partial charge in [0, 0.05) is 26.2 Å². The standard InChI is InChI=1S/C19H22N2O5/c1-14(26-17-5-3-16(24-2)4-6-17)18(22)20-8-10-21(11-9-20)19(23)15-7-12-25-13-15/h3-7,12-14H,8-11H2,1-2H3. The Morgan fingerprint density at radius 2 is 1.62 bits per heavy atom. The minimum atomic E-state index is -0.598. The maximum Gasteiger partial charge on any atom is 0.263 e. The number of piperazine rings is 1. The maximum atomic E-state index is 12.6. The van der Waals surface area contributed by atoms with Crippen LogP contribution < -0.4 is 9.47 Å². The van der Waals surface area contributed by atoms with Gasteiger partial charge in [-0.1, -0.05) is 0 Å². The van der Waals surface area contributed by atoms with E-state index in [2.05, 4.69) is 0 Å². The zero-order valence-corrected chi connectivity index (χ0v) is 14.9. The van der Waals surface area contributed by atoms with Crippen LogP contribution in [0.4, 0.5) is 0 Å². The Hall–Kier alpha value is -2.96. The molecule has 2 aromatic rings. The lowest BCUT2D eigenvalue weighted by Gasteiger charge is -2.35. The van der Waals surface area contributed by atoms with E-state index in [9.17, 15) is 9.59 Å². The molecule has 0 radical (unpaired) electrons. The van der Waals surface area contributed by atoms with Crippen LogP contribution in [-0.4, -0.2) is 61.0 Å². The van der Waals surface area contributed by atoms with Crippen molar-refractivity contribution in [1.82, 2.24) is 9.80 Å². The zero-order valence-electron chi connectivity index (χ0n) is 14.9. The third kappa shape index (κ3) is 3.99. The van der Waals surface area contributed by atoms with Crippen LogP contribution in [0, 0.1) is 0 Å². The average Bonchev–Trinajstić information content (AvgIpc) is 3.22. The van der Waals surface area contributed by atoms with E-state index in [0.717, 1.165) is 5.75 Å². The van der Waals surface area contributed by atoms with Gasteiger partial charge in [0.15, 0.2) is 6.10 Å². The maximum absolute atomic E-state index is 12.6. The Bertz CT molecular complexity index is 734. The monoisotopic (exact) mass is 358 g/mol. The first kappa shape index (κ1) is 17.8. The van der Waals surface area contributed by atoms with Crippen LogP contribution in [0.5, 0.6) is 11.5 Å². The van der Waals surface area contributed by atoms with Crippen molar-refractivity contribution in [3.05, 3.63) is 48.4 Å². The number of nitrogens with zero attached hydrogens (tertiary/aromatic N) is 2. The van der Waals surface area contributed by atoms with Gasteiger partial charge in [0.25, 0.3) is 11.8 Å². The summed E-state index contributed by atoms with van der Waals surface area (Å²) >= 11 is 0. The summed E-state index contributed by atoms with van der Waals surface area (Å²) in [5.74, 6) is 1.18. The highest BCUT2D eigenvalue weighted by Crippen LogP contribution is 2.19. The molecular formula is C19H22N2O5. The molecule has 1 aromatic carbocycles. The summed E-state index contributed by atoms with van der Waals surface area (Å²) < 4.78 is 15.8. The molecule has 1 aliphatic rings. The third-order valence-corrected chi connectivity index (χ3v) is 4.37. The number of methoxy groups -OCH3 is 1. The van der Waals surface area contributed by atoms with Crippen molar-refractivity contribution in [2.45, 2.75) is 13.0 Å². The number of amides is 2. The molecule has 7 heteroatoms. The third-order valence-electron chi connectivity index (χ3n) is 4.37. The lowest BCUT2D eigenvalue weighted by atomic mass is 10.2. The van der Waals surface area contributed by atoms with Crippen molar-refractivity contribution in [1.29, 1.82) is 0 Å². The number of rotatable bonds is 5. The second kappa shape index (κ2) is 7.95. The fourth-order valence-electron chi connectivity index (χ4n) is 2.86. The van der Waals surface area contributed by atoms with Crippen molar-refractivity contribution in [3.63, 3.8) is 0 Å². The first-order valence-electron chi connectivity index (χ1n) is 8.49. The molecule has 0 bridgehead atoms. The topological polar surface area (TPSA) is 72.2 Å². The molecule has 0 spiro atoms. The number of hydrogen-bond acceptors (Lipinski definition) is 5. The van der Waals surface area contributed by atoms with Gasteiger partial charge in [0.2, 0.25) is 0 Å². The van der Waals surface area contributed by atoms with E-state index in [1.807, 2.05) is 0 Å². The van der Waals surface area contributed by atoms with Crippen LogP contribution in [0.15, 0.2) is 47.3 Å². The van der Waals surface area contributed by atoms with Gasteiger partial charge in [-0.25, -0.2) is 0 Å². The van der Waals surface area contributed by atoms with E-state index in [4.69, 9.17) is 13.9 Å². The molecule has 1 aromatic heterocycles. The fraction of sp³-hybridized carbons (Fsp3) is 0.368. The van der Waals surface area contributed by atoms with E-state index >= 15 is 0 Å². The highest BCUT2D eigenvalue weighted by Gasteiger charge is 2.28. The molecule has 1 saturated heterocycles. The second-order valence-electron chi connectivity index (χ2n) is 6.07. The number of benzene rings is 1. The van der Waals surface area contributed by atoms with Gasteiger partial charge in [0.1, 0.15) is 17.8 Å². The minimum Gasteiger partial charge on any atom is -0.497 e. The number of carbonyl (C=O) groups excluding carboxylic acids is 2.